The summed E-state index contributed by atoms with van der Waals surface area (Å²) in [5.41, 5.74) is 7.87. The van der Waals surface area contributed by atoms with Crippen LogP contribution in [-0.2, 0) is 17.8 Å². The summed E-state index contributed by atoms with van der Waals surface area (Å²) in [5, 5.41) is 0. The molecule has 0 spiro atoms. The highest BCUT2D eigenvalue weighted by Gasteiger charge is 2.36. The second-order valence-corrected chi connectivity index (χ2v) is 7.32. The van der Waals surface area contributed by atoms with Gasteiger partial charge in [-0.2, -0.15) is 0 Å². The first kappa shape index (κ1) is 16.8. The third kappa shape index (κ3) is 3.11. The van der Waals surface area contributed by atoms with Gasteiger partial charge in [-0.1, -0.05) is 43.2 Å². The fourth-order valence-electron chi connectivity index (χ4n) is 4.41. The molecule has 1 fully saturated rings. The first-order valence-corrected chi connectivity index (χ1v) is 9.35. The first-order chi connectivity index (χ1) is 12.6. The largest absolute Gasteiger partial charge is 0.369 e. The van der Waals surface area contributed by atoms with Gasteiger partial charge in [0, 0.05) is 12.1 Å². The molecule has 0 saturated heterocycles. The van der Waals surface area contributed by atoms with E-state index in [4.69, 9.17) is 5.73 Å². The van der Waals surface area contributed by atoms with E-state index in [1.54, 1.807) is 0 Å². The predicted molar refractivity (Wildman–Crippen MR) is 99.5 cm³/mol. The Morgan fingerprint density at radius 3 is 2.69 bits per heavy atom. The summed E-state index contributed by atoms with van der Waals surface area (Å²) in [6.45, 7) is 0.912. The molecule has 1 saturated carbocycles. The number of benzene rings is 1. The van der Waals surface area contributed by atoms with Crippen LogP contribution in [0.2, 0.25) is 0 Å². The molecule has 4 rings (SSSR count). The lowest BCUT2D eigenvalue weighted by Gasteiger charge is -2.33. The Kier molecular flexibility index (Phi) is 4.49. The van der Waals surface area contributed by atoms with Gasteiger partial charge < -0.3 is 10.6 Å². The summed E-state index contributed by atoms with van der Waals surface area (Å²) < 4.78 is 0. The van der Waals surface area contributed by atoms with E-state index in [0.29, 0.717) is 36.7 Å². The number of nitrogen functional groups attached to an aromatic ring is 1. The molecule has 1 atom stereocenters. The van der Waals surface area contributed by atoms with Gasteiger partial charge in [-0.3, -0.25) is 14.6 Å². The van der Waals surface area contributed by atoms with Crippen LogP contribution in [0.4, 0.5) is 5.95 Å². The third-order valence-electron chi connectivity index (χ3n) is 5.70. The number of nitrogens with one attached hydrogen (secondary N) is 1. The van der Waals surface area contributed by atoms with Crippen molar-refractivity contribution >= 4 is 11.9 Å². The number of anilines is 1. The van der Waals surface area contributed by atoms with Gasteiger partial charge in [0.15, 0.2) is 0 Å². The van der Waals surface area contributed by atoms with E-state index in [-0.39, 0.29) is 23.3 Å². The number of H-pyrrole nitrogens is 1. The number of nitrogens with zero attached hydrogens (tertiary/aromatic N) is 2. The molecule has 1 unspecified atom stereocenters. The van der Waals surface area contributed by atoms with Crippen LogP contribution in [0.15, 0.2) is 35.1 Å². The molecule has 6 heteroatoms. The van der Waals surface area contributed by atoms with E-state index < -0.39 is 0 Å². The van der Waals surface area contributed by atoms with Crippen molar-refractivity contribution in [2.45, 2.75) is 44.6 Å². The fraction of sp³-hybridized carbons (Fsp3) is 0.450. The van der Waals surface area contributed by atoms with Crippen LogP contribution < -0.4 is 11.3 Å². The second-order valence-electron chi connectivity index (χ2n) is 7.32. The molecule has 1 aliphatic heterocycles. The van der Waals surface area contributed by atoms with Crippen LogP contribution in [0.5, 0.6) is 0 Å². The highest BCUT2D eigenvalue weighted by Crippen LogP contribution is 2.39. The highest BCUT2D eigenvalue weighted by molar-refractivity contribution is 5.84. The number of aromatic nitrogens is 2. The molecule has 26 heavy (non-hydrogen) atoms. The zero-order chi connectivity index (χ0) is 18.1. The Labute approximate surface area is 152 Å². The van der Waals surface area contributed by atoms with Crippen LogP contribution >= 0.6 is 0 Å². The van der Waals surface area contributed by atoms with Crippen molar-refractivity contribution in [2.24, 2.45) is 5.92 Å². The quantitative estimate of drug-likeness (QED) is 0.886. The number of aromatic amines is 1. The summed E-state index contributed by atoms with van der Waals surface area (Å²) in [7, 11) is 0. The molecule has 1 amide bonds. The molecule has 2 aliphatic rings. The summed E-state index contributed by atoms with van der Waals surface area (Å²) in [4.78, 5) is 34.2. The maximum atomic E-state index is 13.4. The van der Waals surface area contributed by atoms with Gasteiger partial charge in [0.1, 0.15) is 0 Å². The van der Waals surface area contributed by atoms with E-state index >= 15 is 0 Å². The smallest absolute Gasteiger partial charge is 0.255 e. The molecule has 1 aromatic carbocycles. The van der Waals surface area contributed by atoms with Crippen molar-refractivity contribution in [3.63, 3.8) is 0 Å². The standard InChI is InChI=1S/C20H24N4O2/c21-20-22-16-12-24(11-10-15(16)18(25)23-20)19(26)17(14-8-4-5-9-14)13-6-2-1-3-7-13/h1-3,6-7,14,17H,4-5,8-12H2,(H3,21,22,23,25). The average molecular weight is 352 g/mol. The van der Waals surface area contributed by atoms with Crippen molar-refractivity contribution in [3.8, 4) is 0 Å². The first-order valence-electron chi connectivity index (χ1n) is 9.35. The maximum Gasteiger partial charge on any atom is 0.255 e. The van der Waals surface area contributed by atoms with Crippen LogP contribution in [0.25, 0.3) is 0 Å². The second kappa shape index (κ2) is 6.94. The van der Waals surface area contributed by atoms with Crippen molar-refractivity contribution < 1.29 is 4.79 Å². The lowest BCUT2D eigenvalue weighted by Crippen LogP contribution is -2.42. The molecule has 0 bridgehead atoms. The van der Waals surface area contributed by atoms with E-state index in [9.17, 15) is 9.59 Å². The van der Waals surface area contributed by atoms with Crippen LogP contribution in [0.1, 0.15) is 48.4 Å². The summed E-state index contributed by atoms with van der Waals surface area (Å²) in [6, 6.07) is 10.1. The number of fused-ring (bicyclic) bond motifs is 1. The molecule has 6 nitrogen and oxygen atoms in total. The zero-order valence-electron chi connectivity index (χ0n) is 14.8. The number of hydrogen-bond donors (Lipinski definition) is 2. The Hall–Kier alpha value is -2.63. The van der Waals surface area contributed by atoms with Gasteiger partial charge in [-0.05, 0) is 30.7 Å². The Morgan fingerprint density at radius 2 is 1.96 bits per heavy atom. The number of amides is 1. The van der Waals surface area contributed by atoms with Crippen molar-refractivity contribution in [3.05, 3.63) is 57.5 Å². The van der Waals surface area contributed by atoms with Gasteiger partial charge in [-0.25, -0.2) is 4.98 Å². The van der Waals surface area contributed by atoms with Gasteiger partial charge >= 0.3 is 0 Å². The minimum absolute atomic E-state index is 0.110. The number of carbonyl (C=O) groups is 1. The summed E-state index contributed by atoms with van der Waals surface area (Å²) in [5.74, 6) is 0.538. The van der Waals surface area contributed by atoms with E-state index in [2.05, 4.69) is 22.1 Å². The molecule has 1 aromatic heterocycles. The molecule has 1 aliphatic carbocycles. The number of hydrogen-bond acceptors (Lipinski definition) is 4. The van der Waals surface area contributed by atoms with Crippen LogP contribution in [0.3, 0.4) is 0 Å². The van der Waals surface area contributed by atoms with E-state index in [1.807, 2.05) is 23.1 Å². The average Bonchev–Trinajstić information content (AvgIpc) is 3.16. The topological polar surface area (TPSA) is 92.1 Å². The minimum Gasteiger partial charge on any atom is -0.369 e. The Bertz CT molecular complexity index is 856. The normalized spacial score (nSPS) is 18.5. The summed E-state index contributed by atoms with van der Waals surface area (Å²) in [6.07, 6.45) is 5.10. The lowest BCUT2D eigenvalue weighted by molar-refractivity contribution is -0.135. The van der Waals surface area contributed by atoms with Gasteiger partial charge in [0.2, 0.25) is 11.9 Å². The molecule has 3 N–H and O–H groups in total. The van der Waals surface area contributed by atoms with Gasteiger partial charge in [0.05, 0.1) is 18.2 Å². The Morgan fingerprint density at radius 1 is 1.23 bits per heavy atom. The molecule has 2 heterocycles. The van der Waals surface area contributed by atoms with Gasteiger partial charge in [-0.15, -0.1) is 0 Å². The third-order valence-corrected chi connectivity index (χ3v) is 5.70. The lowest BCUT2D eigenvalue weighted by atomic mass is 9.83. The van der Waals surface area contributed by atoms with E-state index in [0.717, 1.165) is 18.4 Å². The van der Waals surface area contributed by atoms with Gasteiger partial charge in [0.25, 0.3) is 5.56 Å². The fourth-order valence-corrected chi connectivity index (χ4v) is 4.41. The van der Waals surface area contributed by atoms with Crippen molar-refractivity contribution in [1.82, 2.24) is 14.9 Å². The molecule has 0 radical (unpaired) electrons. The Balaban J connectivity index is 1.63. The zero-order valence-corrected chi connectivity index (χ0v) is 14.8. The molecule has 136 valence electrons. The maximum absolute atomic E-state index is 13.4. The van der Waals surface area contributed by atoms with Crippen molar-refractivity contribution in [2.75, 3.05) is 12.3 Å². The molecular weight excluding hydrogens is 328 g/mol. The number of nitrogens with two attached hydrogens (primary N) is 1. The monoisotopic (exact) mass is 352 g/mol. The van der Waals surface area contributed by atoms with E-state index in [1.165, 1.54) is 12.8 Å². The number of rotatable bonds is 3. The number of carbonyl (C=O) groups excluding carboxylic acids is 1. The van der Waals surface area contributed by atoms with Crippen LogP contribution in [-0.4, -0.2) is 27.3 Å². The summed E-state index contributed by atoms with van der Waals surface area (Å²) >= 11 is 0. The van der Waals surface area contributed by atoms with Crippen LogP contribution in [0, 0.1) is 5.92 Å². The molecular formula is C20H24N4O2. The SMILES string of the molecule is Nc1nc2c(c(=O)[nH]1)CCN(C(=O)C(c1ccccc1)C1CCCC1)C2. The van der Waals surface area contributed by atoms with Crippen molar-refractivity contribution in [1.29, 1.82) is 0 Å². The molecule has 2 aromatic rings. The highest BCUT2D eigenvalue weighted by atomic mass is 16.2. The minimum atomic E-state index is -0.185. The predicted octanol–water partition coefficient (Wildman–Crippen LogP) is 2.21.